The SMILES string of the molecule is CN1c2c(nc(N)[nH]c2=O)NCC1CNc1ccc(C(=O)N[C@@H](CCC(=O)O)C(=O)N[C@@H](CCC(=O)O)C(=O)N[C@@H](CCC(=O)O)C(=O)O)cc1. The number of H-pyrrole nitrogens is 1. The summed E-state index contributed by atoms with van der Waals surface area (Å²) in [7, 11) is 1.74. The van der Waals surface area contributed by atoms with Gasteiger partial charge in [-0.05, 0) is 43.5 Å². The first kappa shape index (κ1) is 39.0. The zero-order valence-electron chi connectivity index (χ0n) is 27.3. The molecule has 0 radical (unpaired) electrons. The van der Waals surface area contributed by atoms with Gasteiger partial charge in [-0.3, -0.25) is 38.5 Å². The Hall–Kier alpha value is -6.41. The van der Waals surface area contributed by atoms with Gasteiger partial charge >= 0.3 is 23.9 Å². The van der Waals surface area contributed by atoms with Crippen molar-refractivity contribution in [3.63, 3.8) is 0 Å². The van der Waals surface area contributed by atoms with Gasteiger partial charge in [0, 0.05) is 50.7 Å². The van der Waals surface area contributed by atoms with Crippen LogP contribution in [0.1, 0.15) is 48.9 Å². The number of rotatable bonds is 19. The van der Waals surface area contributed by atoms with E-state index < -0.39 is 104 Å². The van der Waals surface area contributed by atoms with Crippen molar-refractivity contribution < 1.29 is 54.0 Å². The highest BCUT2D eigenvalue weighted by atomic mass is 16.4. The number of carboxylic acid groups (broad SMARTS) is 4. The predicted molar refractivity (Wildman–Crippen MR) is 178 cm³/mol. The van der Waals surface area contributed by atoms with Gasteiger partial charge in [-0.2, -0.15) is 4.98 Å². The van der Waals surface area contributed by atoms with Gasteiger partial charge in [0.1, 0.15) is 23.8 Å². The maximum Gasteiger partial charge on any atom is 0.326 e. The quantitative estimate of drug-likeness (QED) is 0.0782. The van der Waals surface area contributed by atoms with Gasteiger partial charge in [0.25, 0.3) is 11.5 Å². The minimum Gasteiger partial charge on any atom is -0.481 e. The summed E-state index contributed by atoms with van der Waals surface area (Å²) in [5, 5.41) is 49.6. The normalized spacial score (nSPS) is 15.2. The first-order valence-electron chi connectivity index (χ1n) is 15.6. The zero-order valence-corrected chi connectivity index (χ0v) is 27.3. The second-order valence-corrected chi connectivity index (χ2v) is 11.5. The number of likely N-dealkylation sites (N-methyl/N-ethyl adjacent to an activating group) is 1. The van der Waals surface area contributed by atoms with E-state index in [2.05, 4.69) is 36.6 Å². The lowest BCUT2D eigenvalue weighted by Gasteiger charge is -2.35. The van der Waals surface area contributed by atoms with Crippen LogP contribution >= 0.6 is 0 Å². The Labute approximate surface area is 289 Å². The Morgan fingerprint density at radius 2 is 1.35 bits per heavy atom. The largest absolute Gasteiger partial charge is 0.481 e. The summed E-state index contributed by atoms with van der Waals surface area (Å²) in [5.74, 6) is -8.14. The van der Waals surface area contributed by atoms with Crippen LogP contribution in [0, 0.1) is 0 Å². The van der Waals surface area contributed by atoms with Gasteiger partial charge in [-0.15, -0.1) is 0 Å². The standard InChI is InChI=1S/C30H39N9O12/c1-39-16(13-33-24-23(39)28(49)38-30(31)37-24)12-32-15-4-2-14(3-5-15)25(46)34-17(6-9-20(40)41)26(47)35-18(7-10-21(42)43)27(48)36-19(29(50)51)8-11-22(44)45/h2-5,16-19,32H,6-13H2,1H3,(H,34,46)(H,35,47)(H,36,48)(H,40,41)(H,42,43)(H,44,45)(H,50,51)(H4,31,33,37,38,49)/t16?,17-,18-,19-/m0/s1. The second-order valence-electron chi connectivity index (χ2n) is 11.5. The van der Waals surface area contributed by atoms with E-state index in [0.717, 1.165) is 0 Å². The third-order valence-electron chi connectivity index (χ3n) is 7.82. The second kappa shape index (κ2) is 17.8. The number of nitrogen functional groups attached to an aromatic ring is 1. The molecular formula is C30H39N9O12. The average Bonchev–Trinajstić information content (AvgIpc) is 3.05. The van der Waals surface area contributed by atoms with Gasteiger partial charge in [0.2, 0.25) is 17.8 Å². The Morgan fingerprint density at radius 1 is 0.843 bits per heavy atom. The van der Waals surface area contributed by atoms with Crippen molar-refractivity contribution in [1.82, 2.24) is 25.9 Å². The molecule has 4 atom stereocenters. The van der Waals surface area contributed by atoms with Crippen molar-refractivity contribution in [3.8, 4) is 0 Å². The molecule has 0 saturated carbocycles. The molecule has 51 heavy (non-hydrogen) atoms. The number of fused-ring (bicyclic) bond motifs is 1. The Morgan fingerprint density at radius 3 is 1.88 bits per heavy atom. The monoisotopic (exact) mass is 717 g/mol. The molecule has 1 aromatic heterocycles. The van der Waals surface area contributed by atoms with Crippen LogP contribution in [0.15, 0.2) is 29.1 Å². The summed E-state index contributed by atoms with van der Waals surface area (Å²) in [5.41, 5.74) is 6.22. The number of nitrogens with two attached hydrogens (primary N) is 1. The summed E-state index contributed by atoms with van der Waals surface area (Å²) in [6, 6.07) is 1.04. The zero-order chi connectivity index (χ0) is 37.8. The van der Waals surface area contributed by atoms with E-state index in [9.17, 15) is 48.6 Å². The Balaban J connectivity index is 1.67. The molecule has 1 aliphatic heterocycles. The van der Waals surface area contributed by atoms with Crippen molar-refractivity contribution >= 4 is 64.7 Å². The number of aromatic nitrogens is 2. The van der Waals surface area contributed by atoms with Crippen LogP contribution in [0.25, 0.3) is 0 Å². The van der Waals surface area contributed by atoms with Crippen molar-refractivity contribution in [2.75, 3.05) is 41.4 Å². The molecule has 0 fully saturated rings. The maximum absolute atomic E-state index is 13.3. The van der Waals surface area contributed by atoms with Crippen molar-refractivity contribution in [3.05, 3.63) is 40.2 Å². The van der Waals surface area contributed by atoms with Gasteiger partial charge in [-0.25, -0.2) is 4.79 Å². The summed E-state index contributed by atoms with van der Waals surface area (Å²) in [4.78, 5) is 105. The van der Waals surface area contributed by atoms with Gasteiger partial charge in [0.05, 0.1) is 6.04 Å². The summed E-state index contributed by atoms with van der Waals surface area (Å²) in [6.45, 7) is 0.815. The van der Waals surface area contributed by atoms with Crippen LogP contribution in [0.3, 0.4) is 0 Å². The minimum atomic E-state index is -1.67. The molecule has 1 unspecified atom stereocenters. The third-order valence-corrected chi connectivity index (χ3v) is 7.82. The number of aliphatic carboxylic acids is 4. The molecule has 3 amide bonds. The van der Waals surface area contributed by atoms with E-state index >= 15 is 0 Å². The van der Waals surface area contributed by atoms with E-state index in [1.807, 2.05) is 0 Å². The number of hydrogen-bond acceptors (Lipinski definition) is 13. The molecule has 3 rings (SSSR count). The molecule has 1 aliphatic rings. The highest BCUT2D eigenvalue weighted by Gasteiger charge is 2.31. The predicted octanol–water partition coefficient (Wildman–Crippen LogP) is -1.56. The molecule has 21 nitrogen and oxygen atoms in total. The number of hydrogen-bond donors (Lipinski definition) is 11. The topological polar surface area (TPSA) is 336 Å². The van der Waals surface area contributed by atoms with Gasteiger partial charge < -0.3 is 57.6 Å². The maximum atomic E-state index is 13.3. The minimum absolute atomic E-state index is 0.0149. The van der Waals surface area contributed by atoms with E-state index in [1.54, 1.807) is 24.1 Å². The molecule has 1 aromatic carbocycles. The van der Waals surface area contributed by atoms with Crippen LogP contribution in [-0.2, 0) is 28.8 Å². The lowest BCUT2D eigenvalue weighted by atomic mass is 10.1. The van der Waals surface area contributed by atoms with Crippen LogP contribution in [0.4, 0.5) is 23.1 Å². The van der Waals surface area contributed by atoms with Crippen molar-refractivity contribution in [2.45, 2.75) is 62.7 Å². The molecule has 2 aromatic rings. The Kier molecular flexibility index (Phi) is 13.6. The van der Waals surface area contributed by atoms with Crippen molar-refractivity contribution in [1.29, 1.82) is 0 Å². The first-order chi connectivity index (χ1) is 24.0. The Bertz CT molecular complexity index is 1700. The highest BCUT2D eigenvalue weighted by molar-refractivity contribution is 5.99. The first-order valence-corrected chi connectivity index (χ1v) is 15.6. The number of amides is 3. The van der Waals surface area contributed by atoms with Crippen LogP contribution < -0.4 is 42.8 Å². The number of carbonyl (C=O) groups excluding carboxylic acids is 3. The van der Waals surface area contributed by atoms with Gasteiger partial charge in [0.15, 0.2) is 5.82 Å². The fourth-order valence-corrected chi connectivity index (χ4v) is 5.04. The van der Waals surface area contributed by atoms with Gasteiger partial charge in [-0.1, -0.05) is 0 Å². The highest BCUT2D eigenvalue weighted by Crippen LogP contribution is 2.25. The molecule has 2 heterocycles. The van der Waals surface area contributed by atoms with E-state index in [0.29, 0.717) is 30.3 Å². The molecule has 0 spiro atoms. The number of benzene rings is 1. The number of nitrogens with one attached hydrogen (secondary N) is 6. The smallest absolute Gasteiger partial charge is 0.326 e. The van der Waals surface area contributed by atoms with Crippen molar-refractivity contribution in [2.24, 2.45) is 0 Å². The molecule has 0 bridgehead atoms. The fraction of sp³-hybridized carbons (Fsp3) is 0.433. The van der Waals surface area contributed by atoms with E-state index in [1.165, 1.54) is 12.1 Å². The number of nitrogens with zero attached hydrogens (tertiary/aromatic N) is 2. The molecule has 21 heteroatoms. The third kappa shape index (κ3) is 11.6. The molecule has 12 N–H and O–H groups in total. The number of carbonyl (C=O) groups is 7. The molecular weight excluding hydrogens is 678 g/mol. The van der Waals surface area contributed by atoms with Crippen LogP contribution in [-0.4, -0.2) is 116 Å². The number of anilines is 4. The molecule has 0 aliphatic carbocycles. The van der Waals surface area contributed by atoms with E-state index in [-0.39, 0.29) is 17.6 Å². The molecule has 0 saturated heterocycles. The lowest BCUT2D eigenvalue weighted by molar-refractivity contribution is -0.144. The van der Waals surface area contributed by atoms with Crippen LogP contribution in [0.2, 0.25) is 0 Å². The summed E-state index contributed by atoms with van der Waals surface area (Å²) in [6.07, 6.45) is -3.25. The average molecular weight is 718 g/mol. The molecule has 276 valence electrons. The lowest BCUT2D eigenvalue weighted by Crippen LogP contribution is -2.56. The summed E-state index contributed by atoms with van der Waals surface area (Å²) >= 11 is 0. The summed E-state index contributed by atoms with van der Waals surface area (Å²) < 4.78 is 0. The number of aromatic amines is 1. The fourth-order valence-electron chi connectivity index (χ4n) is 5.04. The van der Waals surface area contributed by atoms with Crippen LogP contribution in [0.5, 0.6) is 0 Å². The number of carboxylic acids is 4. The van der Waals surface area contributed by atoms with E-state index in [4.69, 9.17) is 15.9 Å².